The van der Waals surface area contributed by atoms with E-state index < -0.39 is 17.5 Å². The number of alkyl halides is 3. The van der Waals surface area contributed by atoms with Crippen LogP contribution < -0.4 is 5.32 Å². The number of hydrogen-bond acceptors (Lipinski definition) is 6. The summed E-state index contributed by atoms with van der Waals surface area (Å²) in [5, 5.41) is 21.7. The van der Waals surface area contributed by atoms with Gasteiger partial charge in [-0.05, 0) is 57.5 Å². The van der Waals surface area contributed by atoms with Gasteiger partial charge in [-0.25, -0.2) is 4.98 Å². The van der Waals surface area contributed by atoms with Gasteiger partial charge >= 0.3 is 6.18 Å². The average molecular weight is 381 g/mol. The number of piperidine rings is 1. The molecule has 9 heteroatoms. The van der Waals surface area contributed by atoms with Gasteiger partial charge in [0, 0.05) is 18.8 Å². The van der Waals surface area contributed by atoms with E-state index in [1.54, 1.807) is 6.92 Å². The first kappa shape index (κ1) is 19.3. The van der Waals surface area contributed by atoms with E-state index in [0.29, 0.717) is 23.6 Å². The standard InChI is InChI=1S/C18H22F3N5O/c1-10-11(2)17(23-13-5-4-6-26(3)9-13)25-24-15(10)16-14(27)7-12(8-22-16)18(19,20)21/h7-8,13,27H,4-6,9H2,1-3H3,(H,23,25). The van der Waals surface area contributed by atoms with Crippen LogP contribution in [0.25, 0.3) is 11.4 Å². The molecule has 1 fully saturated rings. The Morgan fingerprint density at radius 3 is 2.56 bits per heavy atom. The Balaban J connectivity index is 1.89. The minimum Gasteiger partial charge on any atom is -0.506 e. The van der Waals surface area contributed by atoms with E-state index in [0.717, 1.165) is 31.5 Å². The van der Waals surface area contributed by atoms with Crippen molar-refractivity contribution in [1.82, 2.24) is 20.1 Å². The third-order valence-electron chi connectivity index (χ3n) is 4.91. The van der Waals surface area contributed by atoms with Gasteiger partial charge in [0.1, 0.15) is 17.1 Å². The number of hydrogen-bond donors (Lipinski definition) is 2. The summed E-state index contributed by atoms with van der Waals surface area (Å²) in [6, 6.07) is 0.919. The predicted molar refractivity (Wildman–Crippen MR) is 95.5 cm³/mol. The molecule has 2 aromatic heterocycles. The molecule has 27 heavy (non-hydrogen) atoms. The van der Waals surface area contributed by atoms with Crippen molar-refractivity contribution >= 4 is 5.82 Å². The lowest BCUT2D eigenvalue weighted by Gasteiger charge is -2.31. The van der Waals surface area contributed by atoms with Gasteiger partial charge in [0.25, 0.3) is 0 Å². The molecule has 6 nitrogen and oxygen atoms in total. The first-order valence-corrected chi connectivity index (χ1v) is 8.72. The number of aromatic nitrogens is 3. The fourth-order valence-electron chi connectivity index (χ4n) is 3.24. The summed E-state index contributed by atoms with van der Waals surface area (Å²) in [6.07, 6.45) is -1.75. The van der Waals surface area contributed by atoms with E-state index in [4.69, 9.17) is 0 Å². The van der Waals surface area contributed by atoms with Gasteiger partial charge in [0.05, 0.1) is 5.56 Å². The third-order valence-corrected chi connectivity index (χ3v) is 4.91. The van der Waals surface area contributed by atoms with Gasteiger partial charge in [-0.3, -0.25) is 0 Å². The van der Waals surface area contributed by atoms with Crippen LogP contribution in [-0.2, 0) is 6.18 Å². The van der Waals surface area contributed by atoms with E-state index >= 15 is 0 Å². The molecule has 0 bridgehead atoms. The number of nitrogens with zero attached hydrogens (tertiary/aromatic N) is 4. The van der Waals surface area contributed by atoms with Crippen molar-refractivity contribution in [2.24, 2.45) is 0 Å². The molecule has 0 radical (unpaired) electrons. The van der Waals surface area contributed by atoms with E-state index in [2.05, 4.69) is 32.4 Å². The van der Waals surface area contributed by atoms with E-state index in [1.807, 2.05) is 6.92 Å². The highest BCUT2D eigenvalue weighted by Crippen LogP contribution is 2.36. The minimum atomic E-state index is -4.57. The average Bonchev–Trinajstić information content (AvgIpc) is 2.59. The molecule has 0 spiro atoms. The first-order chi connectivity index (χ1) is 12.7. The lowest BCUT2D eigenvalue weighted by molar-refractivity contribution is -0.137. The molecule has 0 aliphatic carbocycles. The van der Waals surface area contributed by atoms with Crippen LogP contribution in [0.4, 0.5) is 19.0 Å². The fraction of sp³-hybridized carbons (Fsp3) is 0.500. The Hall–Kier alpha value is -2.42. The summed E-state index contributed by atoms with van der Waals surface area (Å²) >= 11 is 0. The van der Waals surface area contributed by atoms with E-state index in [1.165, 1.54) is 0 Å². The summed E-state index contributed by atoms with van der Waals surface area (Å²) in [4.78, 5) is 6.02. The van der Waals surface area contributed by atoms with Crippen molar-refractivity contribution < 1.29 is 18.3 Å². The van der Waals surface area contributed by atoms with Crippen LogP contribution in [0.1, 0.15) is 29.5 Å². The van der Waals surface area contributed by atoms with Crippen molar-refractivity contribution in [1.29, 1.82) is 0 Å². The second kappa shape index (κ2) is 7.30. The number of nitrogens with one attached hydrogen (secondary N) is 1. The number of pyridine rings is 1. The van der Waals surface area contributed by atoms with Gasteiger partial charge in [-0.2, -0.15) is 13.2 Å². The zero-order chi connectivity index (χ0) is 19.8. The van der Waals surface area contributed by atoms with Crippen LogP contribution >= 0.6 is 0 Å². The molecule has 3 rings (SSSR count). The van der Waals surface area contributed by atoms with Crippen LogP contribution in [0.5, 0.6) is 5.75 Å². The summed E-state index contributed by atoms with van der Waals surface area (Å²) < 4.78 is 38.3. The highest BCUT2D eigenvalue weighted by atomic mass is 19.4. The van der Waals surface area contributed by atoms with E-state index in [9.17, 15) is 18.3 Å². The van der Waals surface area contributed by atoms with Crippen molar-refractivity contribution in [3.05, 3.63) is 29.0 Å². The van der Waals surface area contributed by atoms with Gasteiger partial charge in [-0.1, -0.05) is 0 Å². The maximum Gasteiger partial charge on any atom is 0.418 e. The lowest BCUT2D eigenvalue weighted by Crippen LogP contribution is -2.40. The highest BCUT2D eigenvalue weighted by Gasteiger charge is 2.32. The number of anilines is 1. The number of aromatic hydroxyl groups is 1. The molecule has 1 aliphatic rings. The van der Waals surface area contributed by atoms with Crippen LogP contribution in [0.2, 0.25) is 0 Å². The molecule has 2 N–H and O–H groups in total. The monoisotopic (exact) mass is 381 g/mol. The molecule has 1 aliphatic heterocycles. The first-order valence-electron chi connectivity index (χ1n) is 8.72. The van der Waals surface area contributed by atoms with Crippen molar-refractivity contribution in [2.75, 3.05) is 25.5 Å². The highest BCUT2D eigenvalue weighted by molar-refractivity contribution is 5.68. The topological polar surface area (TPSA) is 74.2 Å². The van der Waals surface area contributed by atoms with Crippen molar-refractivity contribution in [2.45, 2.75) is 38.9 Å². The fourth-order valence-corrected chi connectivity index (χ4v) is 3.24. The van der Waals surface area contributed by atoms with Gasteiger partial charge < -0.3 is 15.3 Å². The Morgan fingerprint density at radius 1 is 1.19 bits per heavy atom. The molecule has 0 amide bonds. The Morgan fingerprint density at radius 2 is 1.93 bits per heavy atom. The summed E-state index contributed by atoms with van der Waals surface area (Å²) in [7, 11) is 2.07. The molecular weight excluding hydrogens is 359 g/mol. The molecule has 0 aromatic carbocycles. The molecule has 3 heterocycles. The van der Waals surface area contributed by atoms with Crippen LogP contribution in [0.15, 0.2) is 12.3 Å². The van der Waals surface area contributed by atoms with E-state index in [-0.39, 0.29) is 17.4 Å². The molecule has 0 saturated carbocycles. The molecule has 1 unspecified atom stereocenters. The third kappa shape index (κ3) is 4.13. The number of likely N-dealkylation sites (N-methyl/N-ethyl adjacent to an activating group) is 1. The molecule has 146 valence electrons. The van der Waals surface area contributed by atoms with Crippen LogP contribution in [0.3, 0.4) is 0 Å². The Labute approximate surface area is 155 Å². The quantitative estimate of drug-likeness (QED) is 0.849. The Bertz CT molecular complexity index is 840. The number of rotatable bonds is 3. The number of halogens is 3. The second-order valence-electron chi connectivity index (χ2n) is 6.98. The van der Waals surface area contributed by atoms with Gasteiger partial charge in [0.15, 0.2) is 5.82 Å². The maximum absolute atomic E-state index is 12.8. The van der Waals surface area contributed by atoms with Gasteiger partial charge in [0.2, 0.25) is 0 Å². The zero-order valence-electron chi connectivity index (χ0n) is 15.4. The lowest BCUT2D eigenvalue weighted by atomic mass is 10.0. The normalized spacial score (nSPS) is 18.5. The summed E-state index contributed by atoms with van der Waals surface area (Å²) in [5.41, 5.74) is 0.782. The summed E-state index contributed by atoms with van der Waals surface area (Å²) in [5.74, 6) is 0.0687. The maximum atomic E-state index is 12.8. The largest absolute Gasteiger partial charge is 0.506 e. The molecule has 1 atom stereocenters. The minimum absolute atomic E-state index is 0.0138. The SMILES string of the molecule is Cc1c(NC2CCCN(C)C2)nnc(-c2ncc(C(F)(F)F)cc2O)c1C. The van der Waals surface area contributed by atoms with Crippen LogP contribution in [0, 0.1) is 13.8 Å². The molecule has 2 aromatic rings. The van der Waals surface area contributed by atoms with Crippen molar-refractivity contribution in [3.63, 3.8) is 0 Å². The second-order valence-corrected chi connectivity index (χ2v) is 6.98. The Kier molecular flexibility index (Phi) is 5.23. The summed E-state index contributed by atoms with van der Waals surface area (Å²) in [6.45, 7) is 5.63. The zero-order valence-corrected chi connectivity index (χ0v) is 15.4. The molecule has 1 saturated heterocycles. The smallest absolute Gasteiger partial charge is 0.418 e. The number of likely N-dealkylation sites (tertiary alicyclic amines) is 1. The van der Waals surface area contributed by atoms with Crippen molar-refractivity contribution in [3.8, 4) is 17.1 Å². The van der Waals surface area contributed by atoms with Crippen LogP contribution in [-0.4, -0.2) is 51.4 Å². The molecular formula is C18H22F3N5O. The predicted octanol–water partition coefficient (Wildman–Crippen LogP) is 3.39. The van der Waals surface area contributed by atoms with Gasteiger partial charge in [-0.15, -0.1) is 10.2 Å².